The maximum Gasteiger partial charge on any atom is 0.244 e. The molecule has 0 unspecified atom stereocenters. The molecule has 1 fully saturated rings. The molecule has 84 valence electrons. The lowest BCUT2D eigenvalue weighted by Gasteiger charge is -2.19. The van der Waals surface area contributed by atoms with Gasteiger partial charge < -0.3 is 9.84 Å². The number of aromatic amines is 1. The van der Waals surface area contributed by atoms with Crippen LogP contribution in [0.25, 0.3) is 11.5 Å². The van der Waals surface area contributed by atoms with Crippen molar-refractivity contribution in [2.24, 2.45) is 0 Å². The average molecular weight is 220 g/mol. The standard InChI is InChI=1S/C9H12N6O/c1-2-4-10-6(3-1)9-12-8(14-16-9)7-5-11-15-13-7/h5-6,10H,1-4H2,(H,11,13,15)/t6-/m1/s1. The normalized spacial score (nSPS) is 21.1. The van der Waals surface area contributed by atoms with Crippen LogP contribution in [0.2, 0.25) is 0 Å². The summed E-state index contributed by atoms with van der Waals surface area (Å²) in [6.07, 6.45) is 5.02. The van der Waals surface area contributed by atoms with Crippen molar-refractivity contribution in [1.29, 1.82) is 0 Å². The van der Waals surface area contributed by atoms with Crippen molar-refractivity contribution in [1.82, 2.24) is 30.9 Å². The van der Waals surface area contributed by atoms with Crippen LogP contribution in [0.4, 0.5) is 0 Å². The lowest BCUT2D eigenvalue weighted by atomic mass is 10.1. The second kappa shape index (κ2) is 4.01. The molecule has 7 heteroatoms. The van der Waals surface area contributed by atoms with Crippen molar-refractivity contribution in [2.75, 3.05) is 6.54 Å². The number of hydrogen-bond donors (Lipinski definition) is 2. The van der Waals surface area contributed by atoms with E-state index in [9.17, 15) is 0 Å². The topological polar surface area (TPSA) is 92.5 Å². The Morgan fingerprint density at radius 3 is 3.12 bits per heavy atom. The Morgan fingerprint density at radius 2 is 2.38 bits per heavy atom. The summed E-state index contributed by atoms with van der Waals surface area (Å²) in [4.78, 5) is 4.31. The fraction of sp³-hybridized carbons (Fsp3) is 0.556. The van der Waals surface area contributed by atoms with Gasteiger partial charge in [-0.25, -0.2) is 0 Å². The highest BCUT2D eigenvalue weighted by Crippen LogP contribution is 2.22. The molecule has 2 N–H and O–H groups in total. The predicted octanol–water partition coefficient (Wildman–Crippen LogP) is 0.669. The summed E-state index contributed by atoms with van der Waals surface area (Å²) in [5, 5.41) is 17.4. The highest BCUT2D eigenvalue weighted by molar-refractivity contribution is 5.44. The van der Waals surface area contributed by atoms with Crippen molar-refractivity contribution >= 4 is 0 Å². The molecule has 2 aromatic rings. The maximum atomic E-state index is 5.22. The lowest BCUT2D eigenvalue weighted by molar-refractivity contribution is 0.297. The number of nitrogens with zero attached hydrogens (tertiary/aromatic N) is 4. The van der Waals surface area contributed by atoms with E-state index in [-0.39, 0.29) is 6.04 Å². The van der Waals surface area contributed by atoms with Gasteiger partial charge in [0, 0.05) is 0 Å². The van der Waals surface area contributed by atoms with Gasteiger partial charge in [0.05, 0.1) is 12.2 Å². The van der Waals surface area contributed by atoms with E-state index in [1.54, 1.807) is 6.20 Å². The van der Waals surface area contributed by atoms with Gasteiger partial charge >= 0.3 is 0 Å². The number of nitrogens with one attached hydrogen (secondary N) is 2. The van der Waals surface area contributed by atoms with Crippen molar-refractivity contribution in [2.45, 2.75) is 25.3 Å². The number of aromatic nitrogens is 5. The Labute approximate surface area is 91.6 Å². The quantitative estimate of drug-likeness (QED) is 0.772. The average Bonchev–Trinajstić information content (AvgIpc) is 3.01. The molecule has 0 spiro atoms. The third-order valence-electron chi connectivity index (χ3n) is 2.69. The van der Waals surface area contributed by atoms with Gasteiger partial charge in [0.2, 0.25) is 11.7 Å². The first-order valence-electron chi connectivity index (χ1n) is 5.36. The minimum atomic E-state index is 0.182. The molecule has 3 rings (SSSR count). The van der Waals surface area contributed by atoms with E-state index in [0.717, 1.165) is 13.0 Å². The van der Waals surface area contributed by atoms with Crippen LogP contribution in [-0.2, 0) is 0 Å². The van der Waals surface area contributed by atoms with Crippen LogP contribution in [0.5, 0.6) is 0 Å². The molecule has 1 saturated heterocycles. The third-order valence-corrected chi connectivity index (χ3v) is 2.69. The molecule has 16 heavy (non-hydrogen) atoms. The number of piperidine rings is 1. The molecule has 0 saturated carbocycles. The molecule has 1 aliphatic rings. The molecule has 0 aliphatic carbocycles. The van der Waals surface area contributed by atoms with E-state index < -0.39 is 0 Å². The smallest absolute Gasteiger partial charge is 0.244 e. The molecule has 0 aromatic carbocycles. The van der Waals surface area contributed by atoms with E-state index in [1.807, 2.05) is 0 Å². The number of H-pyrrole nitrogens is 1. The highest BCUT2D eigenvalue weighted by Gasteiger charge is 2.21. The number of hydrogen-bond acceptors (Lipinski definition) is 6. The van der Waals surface area contributed by atoms with Crippen LogP contribution in [-0.4, -0.2) is 32.1 Å². The molecule has 0 amide bonds. The zero-order valence-electron chi connectivity index (χ0n) is 8.68. The fourth-order valence-corrected chi connectivity index (χ4v) is 1.85. The Hall–Kier alpha value is -1.76. The van der Waals surface area contributed by atoms with Gasteiger partial charge in [0.15, 0.2) is 5.69 Å². The van der Waals surface area contributed by atoms with E-state index in [2.05, 4.69) is 30.9 Å². The highest BCUT2D eigenvalue weighted by atomic mass is 16.5. The number of rotatable bonds is 2. The molecule has 7 nitrogen and oxygen atoms in total. The molecular weight excluding hydrogens is 208 g/mol. The van der Waals surface area contributed by atoms with Crippen molar-refractivity contribution < 1.29 is 4.52 Å². The molecule has 0 bridgehead atoms. The van der Waals surface area contributed by atoms with Crippen LogP contribution in [0.3, 0.4) is 0 Å². The Morgan fingerprint density at radius 1 is 1.38 bits per heavy atom. The summed E-state index contributed by atoms with van der Waals surface area (Å²) >= 11 is 0. The largest absolute Gasteiger partial charge is 0.337 e. The summed E-state index contributed by atoms with van der Waals surface area (Å²) in [5.41, 5.74) is 0.603. The SMILES string of the molecule is c1n[nH]nc1-c1noc([C@H]2CCCCN2)n1. The monoisotopic (exact) mass is 220 g/mol. The minimum absolute atomic E-state index is 0.182. The lowest BCUT2D eigenvalue weighted by Crippen LogP contribution is -2.26. The van der Waals surface area contributed by atoms with E-state index in [4.69, 9.17) is 4.52 Å². The third kappa shape index (κ3) is 1.69. The van der Waals surface area contributed by atoms with E-state index in [1.165, 1.54) is 12.8 Å². The van der Waals surface area contributed by atoms with Gasteiger partial charge in [0.1, 0.15) is 0 Å². The Bertz CT molecular complexity index is 444. The van der Waals surface area contributed by atoms with Gasteiger partial charge in [-0.3, -0.25) is 0 Å². The van der Waals surface area contributed by atoms with Crippen LogP contribution >= 0.6 is 0 Å². The van der Waals surface area contributed by atoms with E-state index >= 15 is 0 Å². The van der Waals surface area contributed by atoms with Crippen LogP contribution in [0.15, 0.2) is 10.7 Å². The Kier molecular flexibility index (Phi) is 2.37. The summed E-state index contributed by atoms with van der Waals surface area (Å²) in [5.74, 6) is 1.12. The first kappa shape index (κ1) is 9.46. The van der Waals surface area contributed by atoms with Gasteiger partial charge in [-0.1, -0.05) is 11.6 Å². The van der Waals surface area contributed by atoms with Crippen LogP contribution < -0.4 is 5.32 Å². The van der Waals surface area contributed by atoms with Gasteiger partial charge in [-0.05, 0) is 19.4 Å². The molecular formula is C9H12N6O. The maximum absolute atomic E-state index is 5.22. The molecule has 2 aromatic heterocycles. The fourth-order valence-electron chi connectivity index (χ4n) is 1.85. The van der Waals surface area contributed by atoms with Crippen LogP contribution in [0, 0.1) is 0 Å². The minimum Gasteiger partial charge on any atom is -0.337 e. The summed E-state index contributed by atoms with van der Waals surface area (Å²) < 4.78 is 5.22. The van der Waals surface area contributed by atoms with Crippen molar-refractivity contribution in [3.63, 3.8) is 0 Å². The zero-order chi connectivity index (χ0) is 10.8. The Balaban J connectivity index is 1.82. The first-order valence-corrected chi connectivity index (χ1v) is 5.36. The van der Waals surface area contributed by atoms with Gasteiger partial charge in [-0.2, -0.15) is 20.4 Å². The molecule has 0 radical (unpaired) electrons. The molecule has 1 aliphatic heterocycles. The molecule has 3 heterocycles. The van der Waals surface area contributed by atoms with Crippen molar-refractivity contribution in [3.05, 3.63) is 12.1 Å². The van der Waals surface area contributed by atoms with Crippen LogP contribution in [0.1, 0.15) is 31.2 Å². The van der Waals surface area contributed by atoms with Gasteiger partial charge in [-0.15, -0.1) is 0 Å². The second-order valence-corrected chi connectivity index (χ2v) is 3.81. The van der Waals surface area contributed by atoms with E-state index in [0.29, 0.717) is 17.4 Å². The summed E-state index contributed by atoms with van der Waals surface area (Å²) in [6, 6.07) is 0.182. The summed E-state index contributed by atoms with van der Waals surface area (Å²) in [6.45, 7) is 1.01. The second-order valence-electron chi connectivity index (χ2n) is 3.81. The zero-order valence-corrected chi connectivity index (χ0v) is 8.68. The van der Waals surface area contributed by atoms with Gasteiger partial charge in [0.25, 0.3) is 0 Å². The molecule has 1 atom stereocenters. The first-order chi connectivity index (χ1) is 7.93. The van der Waals surface area contributed by atoms with Crippen molar-refractivity contribution in [3.8, 4) is 11.5 Å². The summed E-state index contributed by atoms with van der Waals surface area (Å²) in [7, 11) is 0. The predicted molar refractivity (Wildman–Crippen MR) is 54.3 cm³/mol.